The molecular formula is C15H24N4O3. The van der Waals surface area contributed by atoms with E-state index >= 15 is 0 Å². The predicted octanol–water partition coefficient (Wildman–Crippen LogP) is -0.130. The summed E-state index contributed by atoms with van der Waals surface area (Å²) in [5.41, 5.74) is -0.425. The Kier molecular flexibility index (Phi) is 4.46. The van der Waals surface area contributed by atoms with Crippen LogP contribution in [0.15, 0.2) is 12.4 Å². The molecule has 2 aliphatic heterocycles. The van der Waals surface area contributed by atoms with Crippen molar-refractivity contribution in [2.75, 3.05) is 46.0 Å². The lowest BCUT2D eigenvalue weighted by Gasteiger charge is -2.43. The summed E-state index contributed by atoms with van der Waals surface area (Å²) in [4.78, 5) is 20.3. The van der Waals surface area contributed by atoms with E-state index in [0.29, 0.717) is 32.9 Å². The topological polar surface area (TPSA) is 59.8 Å². The van der Waals surface area contributed by atoms with E-state index in [1.807, 2.05) is 28.9 Å². The van der Waals surface area contributed by atoms with Crippen LogP contribution >= 0.6 is 0 Å². The van der Waals surface area contributed by atoms with Gasteiger partial charge in [0.05, 0.1) is 32.9 Å². The molecule has 7 heteroatoms. The summed E-state index contributed by atoms with van der Waals surface area (Å²) in [5.74, 6) is 1.12. The Labute approximate surface area is 130 Å². The third-order valence-corrected chi connectivity index (χ3v) is 4.41. The monoisotopic (exact) mass is 308 g/mol. The Morgan fingerprint density at radius 2 is 2.23 bits per heavy atom. The maximum absolute atomic E-state index is 11.7. The molecule has 0 radical (unpaired) electrons. The molecule has 1 amide bonds. The smallest absolute Gasteiger partial charge is 0.219 e. The van der Waals surface area contributed by atoms with Gasteiger partial charge in [-0.1, -0.05) is 0 Å². The van der Waals surface area contributed by atoms with Crippen molar-refractivity contribution in [3.05, 3.63) is 18.2 Å². The molecule has 0 unspecified atom stereocenters. The number of aryl methyl sites for hydroxylation is 1. The number of hydrogen-bond donors (Lipinski definition) is 0. The van der Waals surface area contributed by atoms with Crippen LogP contribution in [0.3, 0.4) is 0 Å². The fourth-order valence-electron chi connectivity index (χ4n) is 3.16. The second kappa shape index (κ2) is 6.36. The zero-order valence-electron chi connectivity index (χ0n) is 13.3. The lowest BCUT2D eigenvalue weighted by atomic mass is 10.0. The normalized spacial score (nSPS) is 27.1. The Balaban J connectivity index is 1.70. The van der Waals surface area contributed by atoms with Gasteiger partial charge in [-0.2, -0.15) is 0 Å². The van der Waals surface area contributed by atoms with Gasteiger partial charge in [-0.25, -0.2) is 4.98 Å². The second-order valence-electron chi connectivity index (χ2n) is 6.19. The Morgan fingerprint density at radius 1 is 1.36 bits per heavy atom. The van der Waals surface area contributed by atoms with Crippen molar-refractivity contribution in [2.45, 2.75) is 19.1 Å². The van der Waals surface area contributed by atoms with Gasteiger partial charge >= 0.3 is 0 Å². The number of carbonyl (C=O) groups is 1. The maximum Gasteiger partial charge on any atom is 0.219 e. The summed E-state index contributed by atoms with van der Waals surface area (Å²) in [7, 11) is 2.00. The molecule has 0 aliphatic carbocycles. The van der Waals surface area contributed by atoms with Gasteiger partial charge in [-0.3, -0.25) is 9.69 Å². The third kappa shape index (κ3) is 3.31. The molecule has 3 rings (SSSR count). The number of amides is 1. The molecule has 7 nitrogen and oxygen atoms in total. The SMILES string of the molecule is CC(=O)N1CCOC[C@]2(CN(Cc3nccn3C)CCO2)C1. The van der Waals surface area contributed by atoms with E-state index in [9.17, 15) is 4.79 Å². The van der Waals surface area contributed by atoms with E-state index < -0.39 is 5.60 Å². The Hall–Kier alpha value is -1.44. The number of nitrogens with zero attached hydrogens (tertiary/aromatic N) is 4. The van der Waals surface area contributed by atoms with Crippen LogP contribution in [0.25, 0.3) is 0 Å². The van der Waals surface area contributed by atoms with Gasteiger partial charge in [0.1, 0.15) is 11.4 Å². The third-order valence-electron chi connectivity index (χ3n) is 4.41. The molecule has 0 aromatic carbocycles. The van der Waals surface area contributed by atoms with Crippen LogP contribution in [0, 0.1) is 0 Å². The minimum absolute atomic E-state index is 0.0784. The van der Waals surface area contributed by atoms with Gasteiger partial charge in [0.2, 0.25) is 5.91 Å². The van der Waals surface area contributed by atoms with E-state index in [2.05, 4.69) is 9.88 Å². The minimum Gasteiger partial charge on any atom is -0.376 e. The minimum atomic E-state index is -0.425. The molecule has 2 aliphatic rings. The quantitative estimate of drug-likeness (QED) is 0.762. The highest BCUT2D eigenvalue weighted by Gasteiger charge is 2.41. The highest BCUT2D eigenvalue weighted by Crippen LogP contribution is 2.23. The van der Waals surface area contributed by atoms with Gasteiger partial charge in [0, 0.05) is 46.0 Å². The molecule has 1 atom stereocenters. The van der Waals surface area contributed by atoms with Gasteiger partial charge < -0.3 is 18.9 Å². The molecule has 0 bridgehead atoms. The fraction of sp³-hybridized carbons (Fsp3) is 0.733. The first-order valence-electron chi connectivity index (χ1n) is 7.74. The average Bonchev–Trinajstić information content (AvgIpc) is 2.77. The van der Waals surface area contributed by atoms with E-state index in [1.165, 1.54) is 0 Å². The first-order valence-corrected chi connectivity index (χ1v) is 7.74. The summed E-state index contributed by atoms with van der Waals surface area (Å²) >= 11 is 0. The van der Waals surface area contributed by atoms with Crippen molar-refractivity contribution in [3.63, 3.8) is 0 Å². The van der Waals surface area contributed by atoms with Gasteiger partial charge in [0.15, 0.2) is 0 Å². The van der Waals surface area contributed by atoms with Crippen molar-refractivity contribution in [2.24, 2.45) is 7.05 Å². The van der Waals surface area contributed by atoms with E-state index in [1.54, 1.807) is 6.92 Å². The van der Waals surface area contributed by atoms with Crippen molar-refractivity contribution in [3.8, 4) is 0 Å². The van der Waals surface area contributed by atoms with Crippen LogP contribution in [0.1, 0.15) is 12.7 Å². The lowest BCUT2D eigenvalue weighted by Crippen LogP contribution is -2.59. The molecule has 122 valence electrons. The summed E-state index contributed by atoms with van der Waals surface area (Å²) < 4.78 is 13.8. The molecule has 1 spiro atoms. The Bertz CT molecular complexity index is 533. The number of carbonyl (C=O) groups excluding carboxylic acids is 1. The first kappa shape index (κ1) is 15.5. The van der Waals surface area contributed by atoms with Crippen LogP contribution in [0.5, 0.6) is 0 Å². The van der Waals surface area contributed by atoms with Gasteiger partial charge in [0.25, 0.3) is 0 Å². The summed E-state index contributed by atoms with van der Waals surface area (Å²) in [5, 5.41) is 0. The van der Waals surface area contributed by atoms with Crippen LogP contribution in [-0.2, 0) is 27.9 Å². The van der Waals surface area contributed by atoms with Crippen molar-refractivity contribution in [1.82, 2.24) is 19.4 Å². The molecule has 2 saturated heterocycles. The zero-order valence-corrected chi connectivity index (χ0v) is 13.3. The molecule has 0 N–H and O–H groups in total. The summed E-state index contributed by atoms with van der Waals surface area (Å²) in [6.45, 7) is 7.01. The van der Waals surface area contributed by atoms with Gasteiger partial charge in [-0.15, -0.1) is 0 Å². The number of morpholine rings is 1. The Morgan fingerprint density at radius 3 is 2.95 bits per heavy atom. The predicted molar refractivity (Wildman–Crippen MR) is 80.2 cm³/mol. The first-order chi connectivity index (χ1) is 10.6. The standard InChI is InChI=1S/C15H24N4O3/c1-13(20)19-6-7-21-12-15(11-19)10-18(5-8-22-15)9-14-16-3-4-17(14)2/h3-4H,5-12H2,1-2H3/t15-/m0/s1. The molecule has 22 heavy (non-hydrogen) atoms. The fourth-order valence-corrected chi connectivity index (χ4v) is 3.16. The van der Waals surface area contributed by atoms with Crippen molar-refractivity contribution < 1.29 is 14.3 Å². The number of imidazole rings is 1. The molecule has 1 aromatic rings. The molecule has 3 heterocycles. The number of aromatic nitrogens is 2. The summed E-state index contributed by atoms with van der Waals surface area (Å²) in [6, 6.07) is 0. The van der Waals surface area contributed by atoms with Crippen LogP contribution in [0.4, 0.5) is 0 Å². The van der Waals surface area contributed by atoms with Gasteiger partial charge in [-0.05, 0) is 0 Å². The highest BCUT2D eigenvalue weighted by molar-refractivity contribution is 5.73. The highest BCUT2D eigenvalue weighted by atomic mass is 16.5. The van der Waals surface area contributed by atoms with E-state index in [0.717, 1.165) is 25.5 Å². The van der Waals surface area contributed by atoms with Crippen LogP contribution < -0.4 is 0 Å². The summed E-state index contributed by atoms with van der Waals surface area (Å²) in [6.07, 6.45) is 3.77. The van der Waals surface area contributed by atoms with Crippen molar-refractivity contribution >= 4 is 5.91 Å². The van der Waals surface area contributed by atoms with Crippen molar-refractivity contribution in [1.29, 1.82) is 0 Å². The number of hydrogen-bond acceptors (Lipinski definition) is 5. The molecule has 0 saturated carbocycles. The van der Waals surface area contributed by atoms with Crippen LogP contribution in [-0.4, -0.2) is 76.9 Å². The maximum atomic E-state index is 11.7. The van der Waals surface area contributed by atoms with E-state index in [4.69, 9.17) is 9.47 Å². The second-order valence-corrected chi connectivity index (χ2v) is 6.19. The van der Waals surface area contributed by atoms with Crippen LogP contribution in [0.2, 0.25) is 0 Å². The molecule has 2 fully saturated rings. The molecule has 1 aromatic heterocycles. The zero-order chi connectivity index (χ0) is 15.6. The number of ether oxygens (including phenoxy) is 2. The largest absolute Gasteiger partial charge is 0.376 e. The lowest BCUT2D eigenvalue weighted by molar-refractivity contribution is -0.151. The molecular weight excluding hydrogens is 284 g/mol. The number of rotatable bonds is 2. The van der Waals surface area contributed by atoms with E-state index in [-0.39, 0.29) is 5.91 Å². The average molecular weight is 308 g/mol.